The van der Waals surface area contributed by atoms with Crippen LogP contribution < -0.4 is 4.57 Å². The van der Waals surface area contributed by atoms with Crippen LogP contribution in [-0.4, -0.2) is 22.4 Å². The second-order valence-electron chi connectivity index (χ2n) is 11.5. The molecule has 4 aromatic rings. The van der Waals surface area contributed by atoms with Crippen molar-refractivity contribution >= 4 is 5.70 Å². The summed E-state index contributed by atoms with van der Waals surface area (Å²) >= 11 is 0. The van der Waals surface area contributed by atoms with E-state index in [0.29, 0.717) is 6.42 Å². The quantitative estimate of drug-likeness (QED) is 0.243. The minimum absolute atomic E-state index is 0.00170. The zero-order valence-corrected chi connectivity index (χ0v) is 22.4. The van der Waals surface area contributed by atoms with Crippen LogP contribution in [0.25, 0.3) is 28.1 Å². The van der Waals surface area contributed by atoms with Crippen molar-refractivity contribution in [1.82, 2.24) is 9.80 Å². The lowest BCUT2D eigenvalue weighted by Crippen LogP contribution is -2.53. The summed E-state index contributed by atoms with van der Waals surface area (Å²) < 4.78 is 31.8. The molecular weight excluding hydrogens is 500 g/mol. The van der Waals surface area contributed by atoms with Crippen LogP contribution >= 0.6 is 0 Å². The van der Waals surface area contributed by atoms with Gasteiger partial charge in [0, 0.05) is 42.1 Å². The van der Waals surface area contributed by atoms with Crippen LogP contribution in [0.15, 0.2) is 91.9 Å². The topological polar surface area (TPSA) is 10.4 Å². The monoisotopic (exact) mass is 530 g/mol. The van der Waals surface area contributed by atoms with Crippen LogP contribution in [-0.2, 0) is 12.8 Å². The summed E-state index contributed by atoms with van der Waals surface area (Å²) in [6.45, 7) is 7.84. The number of fused-ring (bicyclic) bond motifs is 6. The fraction of sp³-hybridized carbons (Fsp3) is 0.229. The standard InChI is InChI=1S/C35H30F2N3/c1-21-20-40-22(2)34-27(26-10-6-9-24-13-14-38-15-16-39(34)35(38)33(24)26)12-11-25-17-30(36)31(37)18-29(25)32(40)19-28(21)23-7-4-3-5-8-23/h3-10,15-20,27,34-35H,2,11-14H2,1H3/q+1. The number of nitrogens with zero attached hydrogens (tertiary/aromatic N) is 3. The van der Waals surface area contributed by atoms with Crippen molar-refractivity contribution in [2.24, 2.45) is 0 Å². The van der Waals surface area contributed by atoms with Gasteiger partial charge in [0.15, 0.2) is 17.8 Å². The van der Waals surface area contributed by atoms with E-state index in [2.05, 4.69) is 76.3 Å². The maximum atomic E-state index is 14.9. The fourth-order valence-corrected chi connectivity index (χ4v) is 7.60. The zero-order valence-electron chi connectivity index (χ0n) is 22.4. The highest BCUT2D eigenvalue weighted by atomic mass is 19.2. The Labute approximate surface area is 233 Å². The van der Waals surface area contributed by atoms with Crippen LogP contribution in [0.5, 0.6) is 0 Å². The predicted octanol–water partition coefficient (Wildman–Crippen LogP) is 7.12. The highest BCUT2D eigenvalue weighted by molar-refractivity contribution is 5.74. The molecule has 3 atom stereocenters. The van der Waals surface area contributed by atoms with Crippen molar-refractivity contribution in [3.63, 3.8) is 0 Å². The Morgan fingerprint density at radius 3 is 2.55 bits per heavy atom. The molecule has 198 valence electrons. The van der Waals surface area contributed by atoms with E-state index in [-0.39, 0.29) is 18.1 Å². The predicted molar refractivity (Wildman–Crippen MR) is 153 cm³/mol. The van der Waals surface area contributed by atoms with Crippen LogP contribution in [0.2, 0.25) is 0 Å². The third-order valence-electron chi connectivity index (χ3n) is 9.43. The Morgan fingerprint density at radius 1 is 0.875 bits per heavy atom. The van der Waals surface area contributed by atoms with Crippen molar-refractivity contribution < 1.29 is 13.3 Å². The van der Waals surface area contributed by atoms with Crippen LogP contribution in [0.1, 0.15) is 46.3 Å². The number of hydrogen-bond acceptors (Lipinski definition) is 2. The molecule has 0 fully saturated rings. The van der Waals surface area contributed by atoms with Crippen molar-refractivity contribution in [1.29, 1.82) is 0 Å². The highest BCUT2D eigenvalue weighted by Gasteiger charge is 2.50. The van der Waals surface area contributed by atoms with E-state index in [1.807, 2.05) is 18.2 Å². The molecule has 0 radical (unpaired) electrons. The van der Waals surface area contributed by atoms with E-state index in [1.165, 1.54) is 28.8 Å². The minimum atomic E-state index is -0.825. The van der Waals surface area contributed by atoms with E-state index in [4.69, 9.17) is 6.58 Å². The van der Waals surface area contributed by atoms with E-state index in [1.54, 1.807) is 0 Å². The van der Waals surface area contributed by atoms with Crippen LogP contribution in [0, 0.1) is 18.6 Å². The first kappa shape index (κ1) is 23.6. The molecule has 5 heteroatoms. The van der Waals surface area contributed by atoms with Gasteiger partial charge in [-0.1, -0.05) is 48.5 Å². The molecule has 4 aliphatic heterocycles. The van der Waals surface area contributed by atoms with E-state index in [9.17, 15) is 8.78 Å². The van der Waals surface area contributed by atoms with Gasteiger partial charge in [0.05, 0.1) is 5.56 Å². The van der Waals surface area contributed by atoms with Gasteiger partial charge in [-0.3, -0.25) is 0 Å². The van der Waals surface area contributed by atoms with Gasteiger partial charge in [0.2, 0.25) is 11.4 Å². The number of aryl methyl sites for hydroxylation is 2. The van der Waals surface area contributed by atoms with Gasteiger partial charge in [-0.25, -0.2) is 8.78 Å². The Hall–Kier alpha value is -4.25. The highest BCUT2D eigenvalue weighted by Crippen LogP contribution is 2.51. The molecule has 8 rings (SSSR count). The molecule has 0 N–H and O–H groups in total. The Bertz CT molecular complexity index is 1740. The van der Waals surface area contributed by atoms with Gasteiger partial charge in [-0.05, 0) is 72.7 Å². The number of rotatable bonds is 1. The smallest absolute Gasteiger partial charge is 0.219 e. The van der Waals surface area contributed by atoms with Gasteiger partial charge in [0.25, 0.3) is 0 Å². The van der Waals surface area contributed by atoms with Crippen molar-refractivity contribution in [3.8, 4) is 22.4 Å². The third-order valence-corrected chi connectivity index (χ3v) is 9.43. The largest absolute Gasteiger partial charge is 0.352 e. The first-order valence-electron chi connectivity index (χ1n) is 14.1. The summed E-state index contributed by atoms with van der Waals surface area (Å²) in [5.74, 6) is -1.46. The van der Waals surface area contributed by atoms with Crippen molar-refractivity contribution in [3.05, 3.63) is 131 Å². The summed E-state index contributed by atoms with van der Waals surface area (Å²) in [4.78, 5) is 4.92. The Kier molecular flexibility index (Phi) is 5.09. The SMILES string of the molecule is C=C1C2C(CCc3cc(F)c(F)cc3-c3cc(-c4ccccc4)c(C)c[n+]31)c1cccc3c1C1N(C=CN21)CC3. The fourth-order valence-electron chi connectivity index (χ4n) is 7.60. The van der Waals surface area contributed by atoms with E-state index < -0.39 is 11.6 Å². The molecule has 1 aromatic heterocycles. The normalized spacial score (nSPS) is 22.1. The first-order chi connectivity index (χ1) is 19.5. The molecule has 3 unspecified atom stereocenters. The third kappa shape index (κ3) is 3.30. The zero-order chi connectivity index (χ0) is 27.1. The minimum Gasteiger partial charge on any atom is -0.352 e. The summed E-state index contributed by atoms with van der Waals surface area (Å²) in [5, 5.41) is 0. The maximum absolute atomic E-state index is 14.9. The lowest BCUT2D eigenvalue weighted by atomic mass is 9.75. The van der Waals surface area contributed by atoms with Gasteiger partial charge < -0.3 is 9.80 Å². The average Bonchev–Trinajstić information content (AvgIpc) is 3.42. The second-order valence-corrected chi connectivity index (χ2v) is 11.5. The van der Waals surface area contributed by atoms with Crippen LogP contribution in [0.4, 0.5) is 8.78 Å². The number of hydrogen-bond donors (Lipinski definition) is 0. The van der Waals surface area contributed by atoms with Crippen molar-refractivity contribution in [2.45, 2.75) is 44.3 Å². The number of aromatic nitrogens is 1. The molecule has 4 aliphatic rings. The Morgan fingerprint density at radius 2 is 1.70 bits per heavy atom. The van der Waals surface area contributed by atoms with Gasteiger partial charge in [0.1, 0.15) is 12.2 Å². The molecule has 3 aromatic carbocycles. The molecule has 0 spiro atoms. The number of halogens is 2. The van der Waals surface area contributed by atoms with E-state index >= 15 is 0 Å². The molecule has 40 heavy (non-hydrogen) atoms. The van der Waals surface area contributed by atoms with Crippen molar-refractivity contribution in [2.75, 3.05) is 6.54 Å². The van der Waals surface area contributed by atoms with Gasteiger partial charge in [-0.15, -0.1) is 0 Å². The summed E-state index contributed by atoms with van der Waals surface area (Å²) in [6, 6.07) is 21.9. The summed E-state index contributed by atoms with van der Waals surface area (Å²) in [6.07, 6.45) is 9.24. The lowest BCUT2D eigenvalue weighted by molar-refractivity contribution is -0.574. The maximum Gasteiger partial charge on any atom is 0.219 e. The molecule has 0 aliphatic carbocycles. The summed E-state index contributed by atoms with van der Waals surface area (Å²) in [5.41, 5.74) is 10.8. The molecule has 0 amide bonds. The second kappa shape index (κ2) is 8.62. The molecule has 0 bridgehead atoms. The Balaban J connectivity index is 1.39. The number of pyridine rings is 1. The van der Waals surface area contributed by atoms with Crippen LogP contribution in [0.3, 0.4) is 0 Å². The molecular formula is C35H30F2N3+. The first-order valence-corrected chi connectivity index (χ1v) is 14.1. The molecule has 3 nitrogen and oxygen atoms in total. The molecule has 0 saturated heterocycles. The number of benzene rings is 3. The van der Waals surface area contributed by atoms with Gasteiger partial charge in [-0.2, -0.15) is 4.57 Å². The van der Waals surface area contributed by atoms with E-state index in [0.717, 1.165) is 58.6 Å². The average molecular weight is 531 g/mol. The van der Waals surface area contributed by atoms with Gasteiger partial charge >= 0.3 is 0 Å². The molecule has 0 saturated carbocycles. The lowest BCUT2D eigenvalue weighted by Gasteiger charge is -2.48. The molecule has 5 heterocycles. The summed E-state index contributed by atoms with van der Waals surface area (Å²) in [7, 11) is 0.